The molecule has 0 bridgehead atoms. The van der Waals surface area contributed by atoms with Crippen LogP contribution in [-0.2, 0) is 14.8 Å². The van der Waals surface area contributed by atoms with Gasteiger partial charge in [-0.05, 0) is 47.5 Å². The first-order valence-corrected chi connectivity index (χ1v) is 9.78. The van der Waals surface area contributed by atoms with Crippen molar-refractivity contribution >= 4 is 31.9 Å². The van der Waals surface area contributed by atoms with Crippen LogP contribution in [0.15, 0.2) is 27.6 Å². The summed E-state index contributed by atoms with van der Waals surface area (Å²) in [5, 5.41) is 2.84. The zero-order valence-electron chi connectivity index (χ0n) is 13.2. The molecule has 1 N–H and O–H groups in total. The highest BCUT2D eigenvalue weighted by molar-refractivity contribution is 9.10. The second kappa shape index (κ2) is 7.74. The van der Waals surface area contributed by atoms with Gasteiger partial charge in [0.05, 0.1) is 18.1 Å². The summed E-state index contributed by atoms with van der Waals surface area (Å²) in [6.45, 7) is 5.27. The van der Waals surface area contributed by atoms with Gasteiger partial charge in [-0.3, -0.25) is 4.79 Å². The molecule has 1 aromatic rings. The predicted molar refractivity (Wildman–Crippen MR) is 90.9 cm³/mol. The number of benzene rings is 1. The van der Waals surface area contributed by atoms with E-state index in [-0.39, 0.29) is 16.8 Å². The molecule has 0 aliphatic carbocycles. The first-order chi connectivity index (χ1) is 10.9. The molecule has 0 aromatic heterocycles. The zero-order valence-corrected chi connectivity index (χ0v) is 15.6. The average Bonchev–Trinajstić information content (AvgIpc) is 2.55. The lowest BCUT2D eigenvalue weighted by Gasteiger charge is -2.26. The lowest BCUT2D eigenvalue weighted by Crippen LogP contribution is -2.40. The Labute approximate surface area is 145 Å². The minimum Gasteiger partial charge on any atom is -0.379 e. The van der Waals surface area contributed by atoms with Crippen molar-refractivity contribution in [3.05, 3.63) is 28.2 Å². The molecule has 0 radical (unpaired) electrons. The molecule has 1 aliphatic rings. The molecular weight excluding hydrogens is 384 g/mol. The van der Waals surface area contributed by atoms with Crippen LogP contribution >= 0.6 is 15.9 Å². The number of nitrogens with zero attached hydrogens (tertiary/aromatic N) is 1. The summed E-state index contributed by atoms with van der Waals surface area (Å²) in [4.78, 5) is 12.3. The van der Waals surface area contributed by atoms with E-state index in [1.165, 1.54) is 10.4 Å². The maximum Gasteiger partial charge on any atom is 0.251 e. The molecule has 128 valence electrons. The monoisotopic (exact) mass is 404 g/mol. The van der Waals surface area contributed by atoms with Gasteiger partial charge in [-0.2, -0.15) is 4.31 Å². The molecule has 1 aliphatic heterocycles. The molecule has 0 saturated carbocycles. The molecule has 1 amide bonds. The lowest BCUT2D eigenvalue weighted by molar-refractivity contribution is 0.0730. The number of rotatable bonds is 5. The van der Waals surface area contributed by atoms with Crippen LogP contribution < -0.4 is 5.32 Å². The van der Waals surface area contributed by atoms with Gasteiger partial charge in [-0.1, -0.05) is 6.92 Å². The van der Waals surface area contributed by atoms with Crippen LogP contribution in [0.4, 0.5) is 0 Å². The maximum atomic E-state index is 12.8. The molecule has 0 spiro atoms. The number of amides is 1. The Balaban J connectivity index is 2.31. The number of ether oxygens (including phenoxy) is 1. The first kappa shape index (κ1) is 18.4. The van der Waals surface area contributed by atoms with Gasteiger partial charge in [0, 0.05) is 29.2 Å². The smallest absolute Gasteiger partial charge is 0.251 e. The van der Waals surface area contributed by atoms with E-state index in [9.17, 15) is 13.2 Å². The van der Waals surface area contributed by atoms with E-state index in [1.54, 1.807) is 12.1 Å². The minimum absolute atomic E-state index is 0.0328. The van der Waals surface area contributed by atoms with E-state index < -0.39 is 10.0 Å². The van der Waals surface area contributed by atoms with Gasteiger partial charge < -0.3 is 10.1 Å². The Kier molecular flexibility index (Phi) is 6.19. The van der Waals surface area contributed by atoms with Crippen molar-refractivity contribution in [1.29, 1.82) is 0 Å². The van der Waals surface area contributed by atoms with E-state index in [0.29, 0.717) is 36.3 Å². The molecule has 1 fully saturated rings. The van der Waals surface area contributed by atoms with Crippen LogP contribution in [0.25, 0.3) is 0 Å². The number of sulfonamides is 1. The third-order valence-corrected chi connectivity index (χ3v) is 6.66. The van der Waals surface area contributed by atoms with Crippen molar-refractivity contribution in [2.45, 2.75) is 31.2 Å². The number of nitrogens with one attached hydrogen (secondary N) is 1. The van der Waals surface area contributed by atoms with Gasteiger partial charge in [-0.15, -0.1) is 0 Å². The number of halogens is 1. The molecule has 23 heavy (non-hydrogen) atoms. The van der Waals surface area contributed by atoms with Crippen molar-refractivity contribution in [2.24, 2.45) is 0 Å². The quantitative estimate of drug-likeness (QED) is 0.813. The third kappa shape index (κ3) is 4.32. The summed E-state index contributed by atoms with van der Waals surface area (Å²) < 4.78 is 32.6. The normalized spacial score (nSPS) is 17.7. The summed E-state index contributed by atoms with van der Waals surface area (Å²) in [6, 6.07) is 4.66. The Morgan fingerprint density at radius 2 is 2.04 bits per heavy atom. The van der Waals surface area contributed by atoms with E-state index >= 15 is 0 Å². The zero-order chi connectivity index (χ0) is 17.0. The minimum atomic E-state index is -3.66. The van der Waals surface area contributed by atoms with Gasteiger partial charge in [0.2, 0.25) is 10.0 Å². The van der Waals surface area contributed by atoms with E-state index in [4.69, 9.17) is 4.74 Å². The van der Waals surface area contributed by atoms with E-state index in [1.807, 2.05) is 13.8 Å². The van der Waals surface area contributed by atoms with Gasteiger partial charge in [-0.25, -0.2) is 8.42 Å². The molecule has 1 atom stereocenters. The van der Waals surface area contributed by atoms with Crippen LogP contribution in [0.3, 0.4) is 0 Å². The fourth-order valence-corrected chi connectivity index (χ4v) is 4.54. The standard InChI is InChI=1S/C15H21BrN2O4S/c1-3-11(2)17-15(19)12-4-5-13(16)14(10-12)23(20,21)18-6-8-22-9-7-18/h4-5,10-11H,3,6-9H2,1-2H3,(H,17,19). The van der Waals surface area contributed by atoms with E-state index in [2.05, 4.69) is 21.2 Å². The summed E-state index contributed by atoms with van der Waals surface area (Å²) in [6.07, 6.45) is 0.807. The Morgan fingerprint density at radius 3 is 2.65 bits per heavy atom. The second-order valence-electron chi connectivity index (χ2n) is 5.44. The highest BCUT2D eigenvalue weighted by Crippen LogP contribution is 2.27. The molecule has 1 heterocycles. The third-order valence-electron chi connectivity index (χ3n) is 3.77. The average molecular weight is 405 g/mol. The number of carbonyl (C=O) groups is 1. The molecule has 1 aromatic carbocycles. The second-order valence-corrected chi connectivity index (χ2v) is 8.21. The Morgan fingerprint density at radius 1 is 1.39 bits per heavy atom. The summed E-state index contributed by atoms with van der Waals surface area (Å²) in [7, 11) is -3.66. The van der Waals surface area contributed by atoms with Crippen LogP contribution in [0, 0.1) is 0 Å². The van der Waals surface area contributed by atoms with Crippen molar-refractivity contribution in [2.75, 3.05) is 26.3 Å². The van der Waals surface area contributed by atoms with Crippen molar-refractivity contribution in [3.8, 4) is 0 Å². The SMILES string of the molecule is CCC(C)NC(=O)c1ccc(Br)c(S(=O)(=O)N2CCOCC2)c1. The molecule has 6 nitrogen and oxygen atoms in total. The molecule has 2 rings (SSSR count). The first-order valence-electron chi connectivity index (χ1n) is 7.54. The van der Waals surface area contributed by atoms with Gasteiger partial charge >= 0.3 is 0 Å². The summed E-state index contributed by atoms with van der Waals surface area (Å²) in [5.41, 5.74) is 0.334. The maximum absolute atomic E-state index is 12.8. The number of morpholine rings is 1. The summed E-state index contributed by atoms with van der Waals surface area (Å²) in [5.74, 6) is -0.273. The van der Waals surface area contributed by atoms with E-state index in [0.717, 1.165) is 6.42 Å². The lowest BCUT2D eigenvalue weighted by atomic mass is 10.2. The van der Waals surface area contributed by atoms with Crippen LogP contribution in [-0.4, -0.2) is 51.0 Å². The molecule has 8 heteroatoms. The van der Waals surface area contributed by atoms with Crippen LogP contribution in [0.2, 0.25) is 0 Å². The predicted octanol–water partition coefficient (Wildman–Crippen LogP) is 2.00. The fourth-order valence-electron chi connectivity index (χ4n) is 2.18. The molecular formula is C15H21BrN2O4S. The number of hydrogen-bond donors (Lipinski definition) is 1. The van der Waals surface area contributed by atoms with Crippen molar-refractivity contribution in [3.63, 3.8) is 0 Å². The number of hydrogen-bond acceptors (Lipinski definition) is 4. The molecule has 1 unspecified atom stereocenters. The van der Waals surface area contributed by atoms with Crippen molar-refractivity contribution in [1.82, 2.24) is 9.62 Å². The van der Waals surface area contributed by atoms with Crippen molar-refractivity contribution < 1.29 is 17.9 Å². The van der Waals surface area contributed by atoms with Gasteiger partial charge in [0.25, 0.3) is 5.91 Å². The Hall–Kier alpha value is -0.960. The number of carbonyl (C=O) groups excluding carboxylic acids is 1. The van der Waals surface area contributed by atoms with Crippen LogP contribution in [0.5, 0.6) is 0 Å². The van der Waals surface area contributed by atoms with Gasteiger partial charge in [0.15, 0.2) is 0 Å². The fraction of sp³-hybridized carbons (Fsp3) is 0.533. The topological polar surface area (TPSA) is 75.7 Å². The van der Waals surface area contributed by atoms with Crippen LogP contribution in [0.1, 0.15) is 30.6 Å². The highest BCUT2D eigenvalue weighted by atomic mass is 79.9. The Bertz CT molecular complexity index is 672. The largest absolute Gasteiger partial charge is 0.379 e. The highest BCUT2D eigenvalue weighted by Gasteiger charge is 2.29. The summed E-state index contributed by atoms with van der Waals surface area (Å²) >= 11 is 3.28. The van der Waals surface area contributed by atoms with Gasteiger partial charge in [0.1, 0.15) is 0 Å². The molecule has 1 saturated heterocycles.